The topological polar surface area (TPSA) is 43.4 Å². The summed E-state index contributed by atoms with van der Waals surface area (Å²) >= 11 is 6.76. The molecule has 0 saturated carbocycles. The van der Waals surface area contributed by atoms with Gasteiger partial charge < -0.3 is 4.74 Å². The predicted octanol–water partition coefficient (Wildman–Crippen LogP) is 5.96. The van der Waals surface area contributed by atoms with E-state index in [2.05, 4.69) is 6.92 Å². The van der Waals surface area contributed by atoms with Crippen molar-refractivity contribution in [3.8, 4) is 5.75 Å². The molecular formula is C22H27ClO3P+. The van der Waals surface area contributed by atoms with Crippen LogP contribution in [0.3, 0.4) is 0 Å². The van der Waals surface area contributed by atoms with Gasteiger partial charge in [0.05, 0.1) is 23.1 Å². The van der Waals surface area contributed by atoms with Crippen molar-refractivity contribution in [2.45, 2.75) is 44.4 Å². The highest BCUT2D eigenvalue weighted by Crippen LogP contribution is 2.37. The Bertz CT molecular complexity index is 806. The largest absolute Gasteiger partial charge is 0.496 e. The van der Waals surface area contributed by atoms with E-state index >= 15 is 0 Å². The van der Waals surface area contributed by atoms with Gasteiger partial charge in [0.25, 0.3) is 0 Å². The number of benzene rings is 2. The van der Waals surface area contributed by atoms with Gasteiger partial charge in [-0.2, -0.15) is 0 Å². The van der Waals surface area contributed by atoms with Crippen LogP contribution in [0.25, 0.3) is 0 Å². The molecule has 2 unspecified atom stereocenters. The molecule has 0 spiro atoms. The molecule has 3 nitrogen and oxygen atoms in total. The van der Waals surface area contributed by atoms with Crippen LogP contribution >= 0.6 is 19.4 Å². The molecule has 2 aromatic rings. The van der Waals surface area contributed by atoms with Crippen molar-refractivity contribution in [2.24, 2.45) is 0 Å². The molecule has 0 fully saturated rings. The maximum absolute atomic E-state index is 13.2. The number of unbranched alkanes of at least 4 members (excludes halogenated alkanes) is 1. The lowest BCUT2D eigenvalue weighted by Crippen LogP contribution is -2.26. The van der Waals surface area contributed by atoms with Crippen LogP contribution in [-0.2, 0) is 4.57 Å². The first kappa shape index (κ1) is 21.6. The van der Waals surface area contributed by atoms with Gasteiger partial charge in [-0.05, 0) is 37.1 Å². The highest BCUT2D eigenvalue weighted by Gasteiger charge is 2.38. The third-order valence-corrected chi connectivity index (χ3v) is 7.40. The first-order valence-corrected chi connectivity index (χ1v) is 11.2. The van der Waals surface area contributed by atoms with Gasteiger partial charge in [0.1, 0.15) is 5.75 Å². The molecule has 0 saturated heterocycles. The Morgan fingerprint density at radius 3 is 2.33 bits per heavy atom. The van der Waals surface area contributed by atoms with Crippen molar-refractivity contribution in [2.75, 3.05) is 13.3 Å². The van der Waals surface area contributed by atoms with Gasteiger partial charge in [-0.1, -0.05) is 55.5 Å². The Balaban J connectivity index is 2.35. The second kappa shape index (κ2) is 10.0. The minimum absolute atomic E-state index is 0.184. The molecule has 5 heteroatoms. The van der Waals surface area contributed by atoms with Gasteiger partial charge in [-0.3, -0.25) is 4.79 Å². The number of hydrogen-bond acceptors (Lipinski definition) is 3. The lowest BCUT2D eigenvalue weighted by atomic mass is 10.0. The Labute approximate surface area is 167 Å². The molecule has 0 aliphatic carbocycles. The number of methoxy groups -OCH3 is 1. The van der Waals surface area contributed by atoms with Crippen molar-refractivity contribution < 1.29 is 14.1 Å². The summed E-state index contributed by atoms with van der Waals surface area (Å²) in [6.45, 7) is 4.14. The van der Waals surface area contributed by atoms with Crippen LogP contribution in [0.2, 0.25) is 0 Å². The van der Waals surface area contributed by atoms with Crippen LogP contribution in [0.1, 0.15) is 55.5 Å². The minimum Gasteiger partial charge on any atom is -0.496 e. The molecule has 2 rings (SSSR count). The molecular weight excluding hydrogens is 379 g/mol. The van der Waals surface area contributed by atoms with Gasteiger partial charge >= 0.3 is 7.80 Å². The van der Waals surface area contributed by atoms with E-state index in [1.165, 1.54) is 7.11 Å². The average Bonchev–Trinajstić information content (AvgIpc) is 2.71. The van der Waals surface area contributed by atoms with Gasteiger partial charge in [-0.15, -0.1) is 11.6 Å². The first-order valence-electron chi connectivity index (χ1n) is 9.36. The van der Waals surface area contributed by atoms with E-state index in [1.807, 2.05) is 19.1 Å². The van der Waals surface area contributed by atoms with Crippen LogP contribution in [0, 0.1) is 0 Å². The van der Waals surface area contributed by atoms with Crippen molar-refractivity contribution in [1.29, 1.82) is 0 Å². The summed E-state index contributed by atoms with van der Waals surface area (Å²) < 4.78 is 18.5. The van der Waals surface area contributed by atoms with E-state index in [1.54, 1.807) is 36.4 Å². The number of ether oxygens (including phenoxy) is 1. The maximum Gasteiger partial charge on any atom is 0.379 e. The van der Waals surface area contributed by atoms with Gasteiger partial charge in [0, 0.05) is 0 Å². The molecule has 144 valence electrons. The number of para-hydroxylation sites is 1. The van der Waals surface area contributed by atoms with Crippen LogP contribution in [-0.4, -0.2) is 23.9 Å². The summed E-state index contributed by atoms with van der Waals surface area (Å²) in [5.74, 6) is 0.326. The normalized spacial score (nSPS) is 13.7. The maximum atomic E-state index is 13.2. The zero-order valence-corrected chi connectivity index (χ0v) is 17.9. The zero-order valence-electron chi connectivity index (χ0n) is 16.2. The molecule has 0 bridgehead atoms. The predicted molar refractivity (Wildman–Crippen MR) is 113 cm³/mol. The van der Waals surface area contributed by atoms with E-state index in [-0.39, 0.29) is 5.78 Å². The molecule has 27 heavy (non-hydrogen) atoms. The second-order valence-electron chi connectivity index (χ2n) is 6.69. The van der Waals surface area contributed by atoms with Crippen molar-refractivity contribution >= 4 is 30.5 Å². The quantitative estimate of drug-likeness (QED) is 0.278. The number of alkyl halides is 1. The summed E-state index contributed by atoms with van der Waals surface area (Å²) in [5.41, 5.74) is 0.920. The fourth-order valence-electron chi connectivity index (χ4n) is 3.06. The number of rotatable bonds is 10. The number of carbonyl (C=O) groups is 1. The Morgan fingerprint density at radius 1 is 1.07 bits per heavy atom. The van der Waals surface area contributed by atoms with E-state index in [4.69, 9.17) is 16.3 Å². The molecule has 0 aliphatic rings. The highest BCUT2D eigenvalue weighted by atomic mass is 35.5. The molecule has 2 atom stereocenters. The third kappa shape index (κ3) is 5.40. The molecule has 0 amide bonds. The van der Waals surface area contributed by atoms with Crippen LogP contribution in [0.15, 0.2) is 48.5 Å². The summed E-state index contributed by atoms with van der Waals surface area (Å²) in [5, 5.41) is 0.568. The molecule has 2 aromatic carbocycles. The third-order valence-electron chi connectivity index (χ3n) is 4.81. The zero-order chi connectivity index (χ0) is 19.9. The number of hydrogen-bond donors (Lipinski definition) is 0. The van der Waals surface area contributed by atoms with Crippen LogP contribution in [0.4, 0.5) is 0 Å². The van der Waals surface area contributed by atoms with E-state index in [0.29, 0.717) is 28.3 Å². The van der Waals surface area contributed by atoms with Crippen molar-refractivity contribution in [3.63, 3.8) is 0 Å². The lowest BCUT2D eigenvalue weighted by Gasteiger charge is -2.20. The Kier molecular flexibility index (Phi) is 8.01. The number of ketones is 1. The summed E-state index contributed by atoms with van der Waals surface area (Å²) in [4.78, 5) is 12.6. The average molecular weight is 406 g/mol. The van der Waals surface area contributed by atoms with E-state index in [0.717, 1.165) is 25.7 Å². The fraction of sp³-hybridized carbons (Fsp3) is 0.409. The minimum atomic E-state index is -1.79. The van der Waals surface area contributed by atoms with Crippen molar-refractivity contribution in [3.05, 3.63) is 59.7 Å². The highest BCUT2D eigenvalue weighted by molar-refractivity contribution is 7.54. The Morgan fingerprint density at radius 2 is 1.70 bits per heavy atom. The van der Waals surface area contributed by atoms with Crippen LogP contribution in [0.5, 0.6) is 5.75 Å². The summed E-state index contributed by atoms with van der Waals surface area (Å²) in [6.07, 6.45) is 4.00. The Hall–Kier alpha value is -1.70. The molecule has 0 radical (unpaired) electrons. The van der Waals surface area contributed by atoms with Gasteiger partial charge in [-0.25, -0.2) is 0 Å². The van der Waals surface area contributed by atoms with Gasteiger partial charge in [0.15, 0.2) is 6.16 Å². The summed E-state index contributed by atoms with van der Waals surface area (Å²) in [6, 6.07) is 14.2. The fourth-order valence-corrected chi connectivity index (χ4v) is 5.29. The molecule has 0 aliphatic heterocycles. The SMILES string of the molecule is CCCCC(Cl)(CC)C[P+](=O)c1ccccc1C(=O)c1ccccc1OC. The standard InChI is InChI=1S/C22H27ClO3P/c1-4-6-15-22(23,5-2)16-27(25)20-14-10-8-12-18(20)21(24)17-11-7-9-13-19(17)26-3/h7-14H,4-6,15-16H2,1-3H3/q+1. The first-order chi connectivity index (χ1) is 13.0. The number of halogens is 1. The lowest BCUT2D eigenvalue weighted by molar-refractivity contribution is 0.103. The second-order valence-corrected chi connectivity index (χ2v) is 9.05. The van der Waals surface area contributed by atoms with Crippen LogP contribution < -0.4 is 10.0 Å². The van der Waals surface area contributed by atoms with E-state index in [9.17, 15) is 9.36 Å². The monoisotopic (exact) mass is 405 g/mol. The molecule has 0 heterocycles. The van der Waals surface area contributed by atoms with Gasteiger partial charge in [0.2, 0.25) is 11.1 Å². The number of carbonyl (C=O) groups excluding carboxylic acids is 1. The summed E-state index contributed by atoms with van der Waals surface area (Å²) in [7, 11) is -0.250. The van der Waals surface area contributed by atoms with Crippen molar-refractivity contribution in [1.82, 2.24) is 0 Å². The molecule has 0 N–H and O–H groups in total. The smallest absolute Gasteiger partial charge is 0.379 e. The van der Waals surface area contributed by atoms with E-state index < -0.39 is 12.7 Å². The molecule has 0 aromatic heterocycles.